The second-order valence-corrected chi connectivity index (χ2v) is 7.44. The molecule has 5 nitrogen and oxygen atoms in total. The maximum Gasteiger partial charge on any atom is 0.228 e. The fourth-order valence-corrected chi connectivity index (χ4v) is 3.94. The normalized spacial score (nSPS) is 18.4. The van der Waals surface area contributed by atoms with E-state index in [4.69, 9.17) is 0 Å². The van der Waals surface area contributed by atoms with Crippen LogP contribution in [0, 0.1) is 20.8 Å². The molecule has 124 valence electrons. The Kier molecular flexibility index (Phi) is 4.80. The Bertz CT molecular complexity index is 691. The average Bonchev–Trinajstić information content (AvgIpc) is 3.05. The van der Waals surface area contributed by atoms with Crippen molar-refractivity contribution in [2.45, 2.75) is 59.0 Å². The summed E-state index contributed by atoms with van der Waals surface area (Å²) in [5.74, 6) is 0.196. The molecular formula is C17H24N4OS. The van der Waals surface area contributed by atoms with Crippen LogP contribution in [0.5, 0.6) is 0 Å². The number of thiazole rings is 1. The number of aromatic nitrogens is 3. The molecule has 0 aromatic carbocycles. The number of amides is 1. The minimum Gasteiger partial charge on any atom is -0.338 e. The van der Waals surface area contributed by atoms with Gasteiger partial charge in [-0.25, -0.2) is 4.98 Å². The lowest BCUT2D eigenvalue weighted by atomic mass is 10.0. The molecule has 0 spiro atoms. The van der Waals surface area contributed by atoms with Crippen LogP contribution in [0.1, 0.15) is 41.4 Å². The van der Waals surface area contributed by atoms with E-state index in [9.17, 15) is 4.79 Å². The second kappa shape index (κ2) is 6.83. The van der Waals surface area contributed by atoms with Crippen LogP contribution in [0.25, 0.3) is 0 Å². The zero-order chi connectivity index (χ0) is 16.4. The molecule has 1 aliphatic rings. The summed E-state index contributed by atoms with van der Waals surface area (Å²) < 4.78 is 2.04. The Morgan fingerprint density at radius 2 is 2.17 bits per heavy atom. The highest BCUT2D eigenvalue weighted by atomic mass is 32.1. The first-order chi connectivity index (χ1) is 11.0. The fraction of sp³-hybridized carbons (Fsp3) is 0.588. The lowest BCUT2D eigenvalue weighted by Gasteiger charge is -2.36. The molecule has 2 aromatic heterocycles. The Balaban J connectivity index is 1.70. The van der Waals surface area contributed by atoms with Gasteiger partial charge in [0.25, 0.3) is 0 Å². The van der Waals surface area contributed by atoms with Gasteiger partial charge in [0, 0.05) is 17.6 Å². The standard InChI is InChI=1S/C17H24N4OS/c1-12-8-13(2)21(19-12)10-16-6-4-5-7-20(16)17(22)9-15-11-23-14(3)18-15/h8,11,16H,4-7,9-10H2,1-3H3. The summed E-state index contributed by atoms with van der Waals surface area (Å²) >= 11 is 1.61. The molecule has 0 aliphatic carbocycles. The van der Waals surface area contributed by atoms with Crippen molar-refractivity contribution in [2.24, 2.45) is 0 Å². The lowest BCUT2D eigenvalue weighted by Crippen LogP contribution is -2.46. The number of piperidine rings is 1. The van der Waals surface area contributed by atoms with Crippen molar-refractivity contribution in [1.29, 1.82) is 0 Å². The SMILES string of the molecule is Cc1cc(C)n(CC2CCCCN2C(=O)Cc2csc(C)n2)n1. The first-order valence-corrected chi connectivity index (χ1v) is 9.12. The predicted octanol–water partition coefficient (Wildman–Crippen LogP) is 2.89. The first kappa shape index (κ1) is 16.2. The molecule has 1 fully saturated rings. The summed E-state index contributed by atoms with van der Waals surface area (Å²) in [5, 5.41) is 7.57. The lowest BCUT2D eigenvalue weighted by molar-refractivity contribution is -0.134. The van der Waals surface area contributed by atoms with E-state index in [2.05, 4.69) is 28.0 Å². The number of nitrogens with zero attached hydrogens (tertiary/aromatic N) is 4. The minimum absolute atomic E-state index is 0.196. The quantitative estimate of drug-likeness (QED) is 0.865. The number of carbonyl (C=O) groups excluding carboxylic acids is 1. The summed E-state index contributed by atoms with van der Waals surface area (Å²) in [7, 11) is 0. The monoisotopic (exact) mass is 332 g/mol. The topological polar surface area (TPSA) is 51.0 Å². The largest absolute Gasteiger partial charge is 0.338 e. The Labute approximate surface area is 141 Å². The molecule has 0 N–H and O–H groups in total. The van der Waals surface area contributed by atoms with E-state index in [1.54, 1.807) is 11.3 Å². The number of hydrogen-bond donors (Lipinski definition) is 0. The Morgan fingerprint density at radius 1 is 1.35 bits per heavy atom. The number of rotatable bonds is 4. The van der Waals surface area contributed by atoms with Gasteiger partial charge in [0.05, 0.1) is 35.4 Å². The van der Waals surface area contributed by atoms with Gasteiger partial charge in [0.15, 0.2) is 0 Å². The van der Waals surface area contributed by atoms with Crippen molar-refractivity contribution in [3.63, 3.8) is 0 Å². The van der Waals surface area contributed by atoms with E-state index in [-0.39, 0.29) is 11.9 Å². The third-order valence-corrected chi connectivity index (χ3v) is 5.26. The van der Waals surface area contributed by atoms with Crippen LogP contribution in [0.2, 0.25) is 0 Å². The smallest absolute Gasteiger partial charge is 0.228 e. The van der Waals surface area contributed by atoms with E-state index in [1.807, 2.05) is 23.9 Å². The number of carbonyl (C=O) groups is 1. The van der Waals surface area contributed by atoms with Crippen molar-refractivity contribution in [3.05, 3.63) is 33.5 Å². The molecule has 1 unspecified atom stereocenters. The summed E-state index contributed by atoms with van der Waals surface area (Å²) in [4.78, 5) is 19.2. The van der Waals surface area contributed by atoms with Crippen LogP contribution >= 0.6 is 11.3 Å². The molecule has 0 bridgehead atoms. The first-order valence-electron chi connectivity index (χ1n) is 8.24. The molecular weight excluding hydrogens is 308 g/mol. The second-order valence-electron chi connectivity index (χ2n) is 6.38. The molecule has 0 radical (unpaired) electrons. The van der Waals surface area contributed by atoms with Crippen LogP contribution in [0.15, 0.2) is 11.4 Å². The summed E-state index contributed by atoms with van der Waals surface area (Å²) in [5.41, 5.74) is 3.10. The third-order valence-electron chi connectivity index (χ3n) is 4.43. The molecule has 0 saturated carbocycles. The number of likely N-dealkylation sites (tertiary alicyclic amines) is 1. The number of aryl methyl sites for hydroxylation is 3. The zero-order valence-electron chi connectivity index (χ0n) is 14.1. The van der Waals surface area contributed by atoms with Gasteiger partial charge in [0.2, 0.25) is 5.91 Å². The van der Waals surface area contributed by atoms with Gasteiger partial charge in [-0.05, 0) is 46.1 Å². The molecule has 3 rings (SSSR count). The maximum absolute atomic E-state index is 12.7. The zero-order valence-corrected chi connectivity index (χ0v) is 14.9. The van der Waals surface area contributed by atoms with Crippen LogP contribution in [-0.4, -0.2) is 38.2 Å². The molecule has 1 saturated heterocycles. The van der Waals surface area contributed by atoms with Gasteiger partial charge in [0.1, 0.15) is 0 Å². The van der Waals surface area contributed by atoms with E-state index >= 15 is 0 Å². The average molecular weight is 332 g/mol. The Morgan fingerprint density at radius 3 is 2.83 bits per heavy atom. The van der Waals surface area contributed by atoms with Crippen molar-refractivity contribution >= 4 is 17.2 Å². The van der Waals surface area contributed by atoms with Crippen molar-refractivity contribution < 1.29 is 4.79 Å². The molecule has 2 aromatic rings. The van der Waals surface area contributed by atoms with E-state index in [0.29, 0.717) is 6.42 Å². The highest BCUT2D eigenvalue weighted by Gasteiger charge is 2.27. The minimum atomic E-state index is 0.196. The van der Waals surface area contributed by atoms with Gasteiger partial charge in [-0.3, -0.25) is 9.48 Å². The van der Waals surface area contributed by atoms with Gasteiger partial charge in [-0.15, -0.1) is 11.3 Å². The summed E-state index contributed by atoms with van der Waals surface area (Å²) in [6.45, 7) is 7.71. The molecule has 1 aliphatic heterocycles. The van der Waals surface area contributed by atoms with Crippen molar-refractivity contribution in [2.75, 3.05) is 6.54 Å². The fourth-order valence-electron chi connectivity index (χ4n) is 3.32. The maximum atomic E-state index is 12.7. The molecule has 3 heterocycles. The molecule has 23 heavy (non-hydrogen) atoms. The van der Waals surface area contributed by atoms with Gasteiger partial charge < -0.3 is 4.90 Å². The molecule has 1 amide bonds. The van der Waals surface area contributed by atoms with Crippen LogP contribution in [0.4, 0.5) is 0 Å². The van der Waals surface area contributed by atoms with Gasteiger partial charge in [-0.2, -0.15) is 5.10 Å². The summed E-state index contributed by atoms with van der Waals surface area (Å²) in [6, 6.07) is 2.33. The van der Waals surface area contributed by atoms with Crippen molar-refractivity contribution in [3.8, 4) is 0 Å². The van der Waals surface area contributed by atoms with Crippen LogP contribution in [-0.2, 0) is 17.8 Å². The van der Waals surface area contributed by atoms with Gasteiger partial charge in [-0.1, -0.05) is 0 Å². The predicted molar refractivity (Wildman–Crippen MR) is 91.6 cm³/mol. The van der Waals surface area contributed by atoms with E-state index in [0.717, 1.165) is 48.0 Å². The van der Waals surface area contributed by atoms with E-state index < -0.39 is 0 Å². The Hall–Kier alpha value is -1.69. The highest BCUT2D eigenvalue weighted by Crippen LogP contribution is 2.21. The van der Waals surface area contributed by atoms with Crippen LogP contribution in [0.3, 0.4) is 0 Å². The molecule has 1 atom stereocenters. The molecule has 6 heteroatoms. The highest BCUT2D eigenvalue weighted by molar-refractivity contribution is 7.09. The van der Waals surface area contributed by atoms with Crippen LogP contribution < -0.4 is 0 Å². The summed E-state index contributed by atoms with van der Waals surface area (Å²) in [6.07, 6.45) is 3.75. The third kappa shape index (κ3) is 3.80. The van der Waals surface area contributed by atoms with Gasteiger partial charge >= 0.3 is 0 Å². The van der Waals surface area contributed by atoms with Crippen molar-refractivity contribution in [1.82, 2.24) is 19.7 Å². The number of hydrogen-bond acceptors (Lipinski definition) is 4. The van der Waals surface area contributed by atoms with E-state index in [1.165, 1.54) is 6.42 Å².